The minimum Gasteiger partial charge on any atom is -0.309 e. The van der Waals surface area contributed by atoms with Crippen LogP contribution in [0.15, 0.2) is 194 Å². The SMILES string of the molecule is CC1(C)c2cc(-c3ccc(-c4cnc5c6ccccc6c6ccccc6c5c4)cc3)ccc2-c2ccc(-c3cccc(-n4c5ccccc5c5ccccc54)c3)cc21. The Morgan fingerprint density at radius 3 is 1.45 bits per heavy atom. The maximum atomic E-state index is 5.05. The number of hydrogen-bond donors (Lipinski definition) is 0. The minimum absolute atomic E-state index is 0.148. The lowest BCUT2D eigenvalue weighted by Crippen LogP contribution is -2.15. The summed E-state index contributed by atoms with van der Waals surface area (Å²) in [5.41, 5.74) is 17.1. The van der Waals surface area contributed by atoms with Crippen LogP contribution in [0.3, 0.4) is 0 Å². The average Bonchev–Trinajstić information content (AvgIpc) is 3.74. The van der Waals surface area contributed by atoms with E-state index in [1.165, 1.54) is 104 Å². The van der Waals surface area contributed by atoms with E-state index in [9.17, 15) is 0 Å². The molecule has 1 aliphatic carbocycles. The Hall–Kier alpha value is -7.29. The topological polar surface area (TPSA) is 17.8 Å². The average molecular weight is 739 g/mol. The van der Waals surface area contributed by atoms with Crippen LogP contribution in [-0.4, -0.2) is 9.55 Å². The van der Waals surface area contributed by atoms with E-state index in [0.29, 0.717) is 0 Å². The van der Waals surface area contributed by atoms with Crippen molar-refractivity contribution in [1.29, 1.82) is 0 Å². The second-order valence-corrected chi connectivity index (χ2v) is 16.4. The van der Waals surface area contributed by atoms with Crippen LogP contribution in [0.2, 0.25) is 0 Å². The maximum absolute atomic E-state index is 5.05. The summed E-state index contributed by atoms with van der Waals surface area (Å²) in [6.45, 7) is 4.75. The van der Waals surface area contributed by atoms with Crippen LogP contribution in [0, 0.1) is 0 Å². The first-order valence-corrected chi connectivity index (χ1v) is 20.2. The molecule has 0 fully saturated rings. The van der Waals surface area contributed by atoms with Crippen molar-refractivity contribution in [3.63, 3.8) is 0 Å². The van der Waals surface area contributed by atoms with Crippen LogP contribution < -0.4 is 0 Å². The highest BCUT2D eigenvalue weighted by Gasteiger charge is 2.36. The molecule has 0 unspecified atom stereocenters. The van der Waals surface area contributed by atoms with E-state index in [-0.39, 0.29) is 5.41 Å². The van der Waals surface area contributed by atoms with Crippen molar-refractivity contribution in [1.82, 2.24) is 9.55 Å². The van der Waals surface area contributed by atoms with E-state index in [2.05, 4.69) is 206 Å². The van der Waals surface area contributed by atoms with Gasteiger partial charge in [-0.1, -0.05) is 159 Å². The molecule has 0 aliphatic heterocycles. The first-order valence-electron chi connectivity index (χ1n) is 20.2. The van der Waals surface area contributed by atoms with Gasteiger partial charge >= 0.3 is 0 Å². The van der Waals surface area contributed by atoms with Crippen molar-refractivity contribution < 1.29 is 0 Å². The smallest absolute Gasteiger partial charge is 0.0787 e. The normalized spacial score (nSPS) is 13.1. The molecule has 2 nitrogen and oxygen atoms in total. The summed E-state index contributed by atoms with van der Waals surface area (Å²) in [5.74, 6) is 0. The molecule has 9 aromatic carbocycles. The van der Waals surface area contributed by atoms with Gasteiger partial charge in [0.1, 0.15) is 0 Å². The molecule has 0 amide bonds. The summed E-state index contributed by atoms with van der Waals surface area (Å²) >= 11 is 0. The van der Waals surface area contributed by atoms with E-state index in [1.54, 1.807) is 0 Å². The van der Waals surface area contributed by atoms with Gasteiger partial charge in [0.15, 0.2) is 0 Å². The Morgan fingerprint density at radius 2 is 0.828 bits per heavy atom. The zero-order valence-corrected chi connectivity index (χ0v) is 32.4. The van der Waals surface area contributed by atoms with Crippen LogP contribution in [-0.2, 0) is 5.41 Å². The first-order chi connectivity index (χ1) is 28.5. The zero-order valence-electron chi connectivity index (χ0n) is 32.4. The summed E-state index contributed by atoms with van der Waals surface area (Å²) in [7, 11) is 0. The molecule has 0 spiro atoms. The van der Waals surface area contributed by atoms with Gasteiger partial charge in [-0.05, 0) is 109 Å². The highest BCUT2D eigenvalue weighted by atomic mass is 15.0. The highest BCUT2D eigenvalue weighted by Crippen LogP contribution is 2.51. The molecule has 2 aromatic heterocycles. The molecule has 0 saturated heterocycles. The fourth-order valence-corrected chi connectivity index (χ4v) is 9.90. The molecule has 12 rings (SSSR count). The van der Waals surface area contributed by atoms with Crippen molar-refractivity contribution in [2.45, 2.75) is 19.3 Å². The lowest BCUT2D eigenvalue weighted by atomic mass is 9.81. The zero-order chi connectivity index (χ0) is 38.5. The predicted molar refractivity (Wildman–Crippen MR) is 245 cm³/mol. The van der Waals surface area contributed by atoms with E-state index < -0.39 is 0 Å². The predicted octanol–water partition coefficient (Wildman–Crippen LogP) is 14.9. The third-order valence-corrected chi connectivity index (χ3v) is 12.8. The Balaban J connectivity index is 0.876. The summed E-state index contributed by atoms with van der Waals surface area (Å²) in [5, 5.41) is 8.70. The molecule has 2 heteroatoms. The fraction of sp³-hybridized carbons (Fsp3) is 0.0536. The van der Waals surface area contributed by atoms with Gasteiger partial charge in [0.05, 0.1) is 16.6 Å². The minimum atomic E-state index is -0.148. The number of aromatic nitrogens is 2. The van der Waals surface area contributed by atoms with Gasteiger partial charge in [-0.15, -0.1) is 0 Å². The van der Waals surface area contributed by atoms with Gasteiger partial charge in [0, 0.05) is 44.4 Å². The van der Waals surface area contributed by atoms with Crippen LogP contribution in [0.4, 0.5) is 0 Å². The molecule has 2 heterocycles. The number of hydrogen-bond acceptors (Lipinski definition) is 1. The van der Waals surface area contributed by atoms with Gasteiger partial charge in [-0.2, -0.15) is 0 Å². The number of benzene rings is 9. The largest absolute Gasteiger partial charge is 0.309 e. The third kappa shape index (κ3) is 4.82. The number of nitrogens with zero attached hydrogens (tertiary/aromatic N) is 2. The van der Waals surface area contributed by atoms with Gasteiger partial charge < -0.3 is 4.57 Å². The Kier molecular flexibility index (Phi) is 7.01. The summed E-state index contributed by atoms with van der Waals surface area (Å²) < 4.78 is 2.40. The van der Waals surface area contributed by atoms with Gasteiger partial charge in [0.25, 0.3) is 0 Å². The Bertz CT molecular complexity index is 3390. The number of rotatable bonds is 4. The molecule has 11 aromatic rings. The maximum Gasteiger partial charge on any atom is 0.0787 e. The van der Waals surface area contributed by atoms with Crippen molar-refractivity contribution in [2.75, 3.05) is 0 Å². The molecule has 58 heavy (non-hydrogen) atoms. The van der Waals surface area contributed by atoms with Crippen LogP contribution in [0.5, 0.6) is 0 Å². The molecular formula is C56H38N2. The first kappa shape index (κ1) is 32.9. The van der Waals surface area contributed by atoms with Crippen LogP contribution >= 0.6 is 0 Å². The van der Waals surface area contributed by atoms with E-state index in [4.69, 9.17) is 4.98 Å². The summed E-state index contributed by atoms with van der Waals surface area (Å²) in [6.07, 6.45) is 2.03. The number of para-hydroxylation sites is 2. The van der Waals surface area contributed by atoms with Crippen molar-refractivity contribution in [3.8, 4) is 50.2 Å². The third-order valence-electron chi connectivity index (χ3n) is 12.8. The second-order valence-electron chi connectivity index (χ2n) is 16.4. The molecular weight excluding hydrogens is 701 g/mol. The summed E-state index contributed by atoms with van der Waals surface area (Å²) in [4.78, 5) is 5.05. The number of fused-ring (bicyclic) bond motifs is 12. The van der Waals surface area contributed by atoms with Crippen molar-refractivity contribution >= 4 is 54.3 Å². The molecule has 0 atom stereocenters. The van der Waals surface area contributed by atoms with Gasteiger partial charge in [-0.25, -0.2) is 0 Å². The quantitative estimate of drug-likeness (QED) is 0.164. The van der Waals surface area contributed by atoms with Gasteiger partial charge in [-0.3, -0.25) is 4.98 Å². The monoisotopic (exact) mass is 738 g/mol. The lowest BCUT2D eigenvalue weighted by Gasteiger charge is -2.23. The second kappa shape index (κ2) is 12.4. The highest BCUT2D eigenvalue weighted by molar-refractivity contribution is 6.24. The van der Waals surface area contributed by atoms with Gasteiger partial charge in [0.2, 0.25) is 0 Å². The Labute approximate surface area is 337 Å². The van der Waals surface area contributed by atoms with Crippen LogP contribution in [0.25, 0.3) is 104 Å². The Morgan fingerprint density at radius 1 is 0.362 bits per heavy atom. The molecule has 0 radical (unpaired) electrons. The summed E-state index contributed by atoms with van der Waals surface area (Å²) in [6, 6.07) is 69.2. The van der Waals surface area contributed by atoms with Crippen LogP contribution in [0.1, 0.15) is 25.0 Å². The molecule has 0 N–H and O–H groups in total. The molecule has 272 valence electrons. The van der Waals surface area contributed by atoms with Crippen molar-refractivity contribution in [2.24, 2.45) is 0 Å². The lowest BCUT2D eigenvalue weighted by molar-refractivity contribution is 0.661. The van der Waals surface area contributed by atoms with Crippen molar-refractivity contribution in [3.05, 3.63) is 205 Å². The van der Waals surface area contributed by atoms with E-state index >= 15 is 0 Å². The van der Waals surface area contributed by atoms with E-state index in [1.807, 2.05) is 6.20 Å². The molecule has 0 saturated carbocycles. The fourth-order valence-electron chi connectivity index (χ4n) is 9.90. The van der Waals surface area contributed by atoms with E-state index in [0.717, 1.165) is 11.1 Å². The molecule has 0 bridgehead atoms. The number of pyridine rings is 1. The molecule has 1 aliphatic rings. The standard InChI is InChI=1S/C56H38N2/c1-56(2)51-32-38(35-22-24-36(25-23-35)40-31-50-44-16-4-3-14-42(44)43-15-5-6-19-49(43)55(50)57-34-40)26-28-45(51)46-29-27-39(33-52(46)56)37-12-11-13-41(30-37)58-53-20-9-7-17-47(53)48-18-8-10-21-54(48)58/h3-34H,1-2H3.